The predicted octanol–water partition coefficient (Wildman–Crippen LogP) is 0.281. The number of hydrazone groups is 1. The van der Waals surface area contributed by atoms with Crippen LogP contribution in [0.2, 0.25) is 0 Å². The molecule has 0 aliphatic carbocycles. The molecule has 0 amide bonds. The van der Waals surface area contributed by atoms with E-state index in [-0.39, 0.29) is 18.4 Å². The Morgan fingerprint density at radius 3 is 2.47 bits per heavy atom. The number of hydrogen-bond donors (Lipinski definition) is 3. The smallest absolute Gasteiger partial charge is 0.211 e. The molecule has 0 aromatic heterocycles. The standard InChI is InChI=1S/C6H12N6S2.ClH/c1-4(10-11-5(7)8)3-9-12-6(13)14-2;/h3H,1-2H3,(H,12,13)(H4,7,8,11);1H. The topological polar surface area (TPSA) is 101 Å². The lowest BCUT2D eigenvalue weighted by Crippen LogP contribution is -2.22. The zero-order valence-corrected chi connectivity index (χ0v) is 10.7. The van der Waals surface area contributed by atoms with Gasteiger partial charge >= 0.3 is 0 Å². The van der Waals surface area contributed by atoms with Crippen LogP contribution in [0, 0.1) is 0 Å². The summed E-state index contributed by atoms with van der Waals surface area (Å²) < 4.78 is 0.580. The summed E-state index contributed by atoms with van der Waals surface area (Å²) in [6.45, 7) is 1.71. The van der Waals surface area contributed by atoms with Crippen molar-refractivity contribution in [1.29, 1.82) is 0 Å². The second-order valence-corrected chi connectivity index (χ2v) is 3.61. The van der Waals surface area contributed by atoms with Crippen molar-refractivity contribution in [3.05, 3.63) is 0 Å². The van der Waals surface area contributed by atoms with E-state index in [0.29, 0.717) is 10.0 Å². The summed E-state index contributed by atoms with van der Waals surface area (Å²) in [6, 6.07) is 0. The van der Waals surface area contributed by atoms with Crippen molar-refractivity contribution in [3.8, 4) is 0 Å². The average Bonchev–Trinajstić information content (AvgIpc) is 2.14. The third-order valence-corrected chi connectivity index (χ3v) is 1.97. The van der Waals surface area contributed by atoms with E-state index in [9.17, 15) is 0 Å². The van der Waals surface area contributed by atoms with Gasteiger partial charge < -0.3 is 11.5 Å². The molecule has 0 saturated carbocycles. The van der Waals surface area contributed by atoms with Crippen LogP contribution in [0.3, 0.4) is 0 Å². The van der Waals surface area contributed by atoms with Gasteiger partial charge in [-0.25, -0.2) is 0 Å². The highest BCUT2D eigenvalue weighted by molar-refractivity contribution is 8.22. The van der Waals surface area contributed by atoms with Gasteiger partial charge in [0, 0.05) is 0 Å². The molecule has 0 rings (SSSR count). The van der Waals surface area contributed by atoms with Crippen LogP contribution in [-0.4, -0.2) is 28.5 Å². The van der Waals surface area contributed by atoms with Crippen LogP contribution in [0.25, 0.3) is 0 Å². The molecule has 6 nitrogen and oxygen atoms in total. The van der Waals surface area contributed by atoms with Crippen LogP contribution in [0.4, 0.5) is 0 Å². The molecule has 0 fully saturated rings. The minimum absolute atomic E-state index is 0. The molecule has 9 heteroatoms. The largest absolute Gasteiger partial charge is 0.369 e. The summed E-state index contributed by atoms with van der Waals surface area (Å²) in [5.41, 5.74) is 13.3. The Morgan fingerprint density at radius 2 is 2.00 bits per heavy atom. The molecule has 0 spiro atoms. The minimum Gasteiger partial charge on any atom is -0.369 e. The normalized spacial score (nSPS) is 10.7. The summed E-state index contributed by atoms with van der Waals surface area (Å²) in [7, 11) is 0. The molecule has 0 aromatic rings. The Labute approximate surface area is 104 Å². The quantitative estimate of drug-likeness (QED) is 0.295. The van der Waals surface area contributed by atoms with Gasteiger partial charge in [0.25, 0.3) is 0 Å². The van der Waals surface area contributed by atoms with E-state index >= 15 is 0 Å². The first-order valence-corrected chi connectivity index (χ1v) is 5.19. The number of halogens is 1. The van der Waals surface area contributed by atoms with Gasteiger partial charge in [0.15, 0.2) is 4.32 Å². The number of thiocarbonyl (C=S) groups is 1. The number of nitrogens with zero attached hydrogens (tertiary/aromatic N) is 3. The molecule has 15 heavy (non-hydrogen) atoms. The van der Waals surface area contributed by atoms with Gasteiger partial charge in [0.1, 0.15) is 0 Å². The van der Waals surface area contributed by atoms with Gasteiger partial charge in [0.05, 0.1) is 11.9 Å². The van der Waals surface area contributed by atoms with E-state index in [2.05, 4.69) is 20.7 Å². The molecule has 0 atom stereocenters. The van der Waals surface area contributed by atoms with Crippen LogP contribution >= 0.6 is 36.4 Å². The van der Waals surface area contributed by atoms with Gasteiger partial charge in [-0.2, -0.15) is 10.2 Å². The van der Waals surface area contributed by atoms with Crippen molar-refractivity contribution < 1.29 is 0 Å². The SMILES string of the molecule is CSC(=S)NN=CC(C)=NN=C(N)N.Cl. The van der Waals surface area contributed by atoms with E-state index < -0.39 is 0 Å². The summed E-state index contributed by atoms with van der Waals surface area (Å²) in [5.74, 6) is -0.0923. The first-order chi connectivity index (χ1) is 6.56. The maximum absolute atomic E-state index is 5.08. The van der Waals surface area contributed by atoms with E-state index in [1.54, 1.807) is 6.92 Å². The number of thioether (sulfide) groups is 1. The fraction of sp³-hybridized carbons (Fsp3) is 0.333. The van der Waals surface area contributed by atoms with Crippen LogP contribution in [0.5, 0.6) is 0 Å². The fourth-order valence-corrected chi connectivity index (χ4v) is 0.583. The molecule has 0 heterocycles. The molecular weight excluding hydrogens is 256 g/mol. The average molecular weight is 269 g/mol. The Bertz CT molecular complexity index is 283. The van der Waals surface area contributed by atoms with E-state index in [1.807, 2.05) is 6.26 Å². The van der Waals surface area contributed by atoms with Crippen molar-refractivity contribution in [3.63, 3.8) is 0 Å². The second kappa shape index (κ2) is 9.69. The minimum atomic E-state index is -0.0923. The Kier molecular flexibility index (Phi) is 10.7. The van der Waals surface area contributed by atoms with Crippen LogP contribution in [0.15, 0.2) is 15.3 Å². The second-order valence-electron chi connectivity index (χ2n) is 2.13. The lowest BCUT2D eigenvalue weighted by molar-refractivity contribution is 1.08. The summed E-state index contributed by atoms with van der Waals surface area (Å²) in [4.78, 5) is 0. The first kappa shape index (κ1) is 16.6. The maximum Gasteiger partial charge on any atom is 0.211 e. The molecule has 0 aliphatic heterocycles. The number of rotatable bonds is 3. The van der Waals surface area contributed by atoms with Crippen molar-refractivity contribution in [2.45, 2.75) is 6.92 Å². The number of nitrogens with two attached hydrogens (primary N) is 2. The van der Waals surface area contributed by atoms with E-state index in [1.165, 1.54) is 18.0 Å². The van der Waals surface area contributed by atoms with E-state index in [4.69, 9.17) is 23.7 Å². The van der Waals surface area contributed by atoms with Crippen molar-refractivity contribution >= 4 is 58.6 Å². The third kappa shape index (κ3) is 11.1. The number of guanidine groups is 1. The lowest BCUT2D eigenvalue weighted by atomic mass is 10.5. The molecule has 86 valence electrons. The van der Waals surface area contributed by atoms with Crippen LogP contribution in [-0.2, 0) is 0 Å². The summed E-state index contributed by atoms with van der Waals surface area (Å²) >= 11 is 6.24. The zero-order chi connectivity index (χ0) is 11.0. The number of hydrogen-bond acceptors (Lipinski definition) is 5. The van der Waals surface area contributed by atoms with Gasteiger partial charge in [-0.05, 0) is 13.2 Å². The molecule has 0 bridgehead atoms. The number of nitrogens with one attached hydrogen (secondary N) is 1. The molecular formula is C6H13ClN6S2. The van der Waals surface area contributed by atoms with Crippen molar-refractivity contribution in [2.75, 3.05) is 6.26 Å². The molecule has 0 radical (unpaired) electrons. The Balaban J connectivity index is 0. The molecule has 0 unspecified atom stereocenters. The monoisotopic (exact) mass is 268 g/mol. The molecule has 0 aromatic carbocycles. The van der Waals surface area contributed by atoms with Crippen LogP contribution in [0.1, 0.15) is 6.92 Å². The first-order valence-electron chi connectivity index (χ1n) is 3.56. The lowest BCUT2D eigenvalue weighted by Gasteiger charge is -1.95. The Morgan fingerprint density at radius 1 is 1.40 bits per heavy atom. The summed E-state index contributed by atoms with van der Waals surface area (Å²) in [6.07, 6.45) is 3.32. The van der Waals surface area contributed by atoms with Gasteiger partial charge in [-0.15, -0.1) is 17.5 Å². The van der Waals surface area contributed by atoms with Crippen molar-refractivity contribution in [1.82, 2.24) is 5.43 Å². The summed E-state index contributed by atoms with van der Waals surface area (Å²) in [5, 5.41) is 10.9. The predicted molar refractivity (Wildman–Crippen MR) is 73.9 cm³/mol. The van der Waals surface area contributed by atoms with Gasteiger partial charge in [-0.3, -0.25) is 5.43 Å². The Hall–Kier alpha value is -0.860. The van der Waals surface area contributed by atoms with Crippen LogP contribution < -0.4 is 16.9 Å². The van der Waals surface area contributed by atoms with E-state index in [0.717, 1.165) is 0 Å². The highest BCUT2D eigenvalue weighted by Crippen LogP contribution is 1.92. The zero-order valence-electron chi connectivity index (χ0n) is 8.30. The van der Waals surface area contributed by atoms with Gasteiger partial charge in [0.2, 0.25) is 5.96 Å². The molecule has 0 saturated heterocycles. The maximum atomic E-state index is 5.08. The highest BCUT2D eigenvalue weighted by atomic mass is 35.5. The molecule has 0 aliphatic rings. The highest BCUT2D eigenvalue weighted by Gasteiger charge is 1.87. The fourth-order valence-electron chi connectivity index (χ4n) is 0.386. The molecule has 5 N–H and O–H groups in total. The third-order valence-electron chi connectivity index (χ3n) is 0.916. The van der Waals surface area contributed by atoms with Gasteiger partial charge in [-0.1, -0.05) is 24.0 Å². The van der Waals surface area contributed by atoms with Crippen molar-refractivity contribution in [2.24, 2.45) is 26.8 Å².